The van der Waals surface area contributed by atoms with Crippen LogP contribution in [0.1, 0.15) is 23.3 Å². The van der Waals surface area contributed by atoms with Crippen LogP contribution in [0, 0.1) is 0 Å². The fourth-order valence-corrected chi connectivity index (χ4v) is 2.28. The van der Waals surface area contributed by atoms with Crippen LogP contribution in [0.3, 0.4) is 0 Å². The molecule has 0 aromatic heterocycles. The van der Waals surface area contributed by atoms with Crippen molar-refractivity contribution in [2.24, 2.45) is 0 Å². The topological polar surface area (TPSA) is 178 Å². The lowest BCUT2D eigenvalue weighted by Gasteiger charge is -2.17. The van der Waals surface area contributed by atoms with Crippen LogP contribution in [0.5, 0.6) is 23.0 Å². The molecule has 0 saturated heterocycles. The van der Waals surface area contributed by atoms with Crippen LogP contribution in [0.4, 0.5) is 0 Å². The summed E-state index contributed by atoms with van der Waals surface area (Å²) in [6.07, 6.45) is -1.71. The van der Waals surface area contributed by atoms with Crippen molar-refractivity contribution >= 4 is 0 Å². The highest BCUT2D eigenvalue weighted by molar-refractivity contribution is 5.42. The molecule has 2 rings (SSSR count). The van der Waals surface area contributed by atoms with E-state index in [4.69, 9.17) is 31.0 Å². The molecular formula is C18H26N2O9. The number of nitrogens with zero attached hydrogens (tertiary/aromatic N) is 2. The molecule has 0 aliphatic rings. The maximum atomic E-state index is 9.51. The normalized spacial score (nSPS) is 13.1. The van der Waals surface area contributed by atoms with Gasteiger partial charge in [0.2, 0.25) is 0 Å². The summed E-state index contributed by atoms with van der Waals surface area (Å²) in [7, 11) is 2.80. The minimum absolute atomic E-state index is 0.0285. The summed E-state index contributed by atoms with van der Waals surface area (Å²) in [6, 6.07) is 8.01. The Morgan fingerprint density at radius 1 is 0.759 bits per heavy atom. The molecule has 29 heavy (non-hydrogen) atoms. The first kappa shape index (κ1) is 24.4. The Kier molecular flexibility index (Phi) is 9.58. The molecule has 0 amide bonds. The van der Waals surface area contributed by atoms with E-state index in [1.807, 2.05) is 0 Å². The first-order valence-electron chi connectivity index (χ1n) is 8.37. The third-order valence-corrected chi connectivity index (χ3v) is 3.75. The van der Waals surface area contributed by atoms with E-state index in [0.29, 0.717) is 11.1 Å². The first-order valence-corrected chi connectivity index (χ1v) is 8.37. The van der Waals surface area contributed by atoms with Gasteiger partial charge in [-0.15, -0.1) is 0 Å². The van der Waals surface area contributed by atoms with Crippen molar-refractivity contribution in [3.63, 3.8) is 0 Å². The number of hydrogen-bond donors (Lipinski definition) is 8. The maximum Gasteiger partial charge on any atom is 0.157 e. The molecule has 11 nitrogen and oxygen atoms in total. The maximum absolute atomic E-state index is 9.51. The minimum Gasteiger partial charge on any atom is -0.504 e. The van der Waals surface area contributed by atoms with E-state index < -0.39 is 12.2 Å². The molecular weight excluding hydrogens is 388 g/mol. The molecule has 162 valence electrons. The largest absolute Gasteiger partial charge is 0.504 e. The Balaban J connectivity index is 0.000000291. The summed E-state index contributed by atoms with van der Waals surface area (Å²) in [4.78, 5) is 4.15. The molecule has 2 aromatic carbocycles. The van der Waals surface area contributed by atoms with Gasteiger partial charge in [-0.25, -0.2) is 4.89 Å². The second-order valence-corrected chi connectivity index (χ2v) is 6.29. The number of aliphatic hydroxyl groups is 1. The Morgan fingerprint density at radius 2 is 1.21 bits per heavy atom. The highest BCUT2D eigenvalue weighted by Gasteiger charge is 2.15. The lowest BCUT2D eigenvalue weighted by atomic mass is 10.1. The highest BCUT2D eigenvalue weighted by Crippen LogP contribution is 2.29. The number of hydrogen-bond acceptors (Lipinski definition) is 11. The van der Waals surface area contributed by atoms with Gasteiger partial charge in [0.1, 0.15) is 6.10 Å². The zero-order valence-electron chi connectivity index (χ0n) is 15.9. The second-order valence-electron chi connectivity index (χ2n) is 6.29. The van der Waals surface area contributed by atoms with E-state index in [1.165, 1.54) is 50.5 Å². The standard InChI is InChI=1S/C9H13NO5.C9H13NO4/c1-10(13)5-9(15-14)6-2-3-7(11)8(12)4-6;1-10(14)5-9(13)6-2-3-7(11)8(12)4-6/h2-4,9,11-14H,5H2,1H3;2-4,9,11-14H,5H2,1H3/t2*9-/m00/s1. The van der Waals surface area contributed by atoms with Crippen molar-refractivity contribution in [1.29, 1.82) is 0 Å². The van der Waals surface area contributed by atoms with Crippen LogP contribution in [0.15, 0.2) is 36.4 Å². The summed E-state index contributed by atoms with van der Waals surface area (Å²) in [5.74, 6) is -1.09. The van der Waals surface area contributed by atoms with Crippen molar-refractivity contribution in [1.82, 2.24) is 10.1 Å². The summed E-state index contributed by atoms with van der Waals surface area (Å²) in [6.45, 7) is 0.0604. The van der Waals surface area contributed by atoms with E-state index in [-0.39, 0.29) is 36.1 Å². The van der Waals surface area contributed by atoms with Gasteiger partial charge < -0.3 is 35.9 Å². The number of phenolic OH excluding ortho intramolecular Hbond substituents is 4. The molecule has 0 aliphatic carbocycles. The van der Waals surface area contributed by atoms with Gasteiger partial charge in [0.05, 0.1) is 19.2 Å². The molecule has 8 N–H and O–H groups in total. The fraction of sp³-hybridized carbons (Fsp3) is 0.333. The van der Waals surface area contributed by atoms with E-state index in [1.54, 1.807) is 0 Å². The van der Waals surface area contributed by atoms with Gasteiger partial charge >= 0.3 is 0 Å². The highest BCUT2D eigenvalue weighted by atomic mass is 17.1. The molecule has 0 aliphatic heterocycles. The molecule has 2 aromatic rings. The van der Waals surface area contributed by atoms with Gasteiger partial charge in [-0.3, -0.25) is 5.26 Å². The molecule has 2 atom stereocenters. The lowest BCUT2D eigenvalue weighted by Crippen LogP contribution is -2.22. The van der Waals surface area contributed by atoms with E-state index in [2.05, 4.69) is 4.89 Å². The molecule has 11 heteroatoms. The van der Waals surface area contributed by atoms with Crippen molar-refractivity contribution in [2.75, 3.05) is 27.2 Å². The summed E-state index contributed by atoms with van der Waals surface area (Å²) in [5.41, 5.74) is 0.870. The van der Waals surface area contributed by atoms with Gasteiger partial charge in [0.25, 0.3) is 0 Å². The summed E-state index contributed by atoms with van der Waals surface area (Å²) in [5, 5.41) is 74.1. The average Bonchev–Trinajstić information content (AvgIpc) is 2.64. The molecule has 0 radical (unpaired) electrons. The average molecular weight is 414 g/mol. The van der Waals surface area contributed by atoms with Crippen LogP contribution in [-0.4, -0.2) is 78.5 Å². The SMILES string of the molecule is CN(O)C[C@H](O)c1ccc(O)c(O)c1.CN(O)C[C@H](OO)c1ccc(O)c(O)c1. The molecule has 0 unspecified atom stereocenters. The van der Waals surface area contributed by atoms with Gasteiger partial charge in [-0.1, -0.05) is 12.1 Å². The summed E-state index contributed by atoms with van der Waals surface area (Å²) >= 11 is 0. The first-order chi connectivity index (χ1) is 13.5. The van der Waals surface area contributed by atoms with Crippen molar-refractivity contribution in [3.8, 4) is 23.0 Å². The second kappa shape index (κ2) is 11.4. The van der Waals surface area contributed by atoms with Crippen molar-refractivity contribution in [3.05, 3.63) is 47.5 Å². The smallest absolute Gasteiger partial charge is 0.157 e. The molecule has 0 heterocycles. The van der Waals surface area contributed by atoms with Gasteiger partial charge in [0.15, 0.2) is 23.0 Å². The van der Waals surface area contributed by atoms with Crippen LogP contribution < -0.4 is 0 Å². The third-order valence-electron chi connectivity index (χ3n) is 3.75. The predicted molar refractivity (Wildman–Crippen MR) is 99.8 cm³/mol. The Morgan fingerprint density at radius 3 is 1.62 bits per heavy atom. The van der Waals surface area contributed by atoms with Crippen LogP contribution in [0.2, 0.25) is 0 Å². The molecule has 0 spiro atoms. The summed E-state index contributed by atoms with van der Waals surface area (Å²) < 4.78 is 0. The van der Waals surface area contributed by atoms with E-state index >= 15 is 0 Å². The van der Waals surface area contributed by atoms with Crippen molar-refractivity contribution < 1.29 is 46.1 Å². The van der Waals surface area contributed by atoms with Crippen LogP contribution in [0.25, 0.3) is 0 Å². The Labute approximate surface area is 167 Å². The quantitative estimate of drug-likeness (QED) is 0.186. The Bertz CT molecular complexity index is 771. The third kappa shape index (κ3) is 8.09. The molecule has 0 saturated carbocycles. The molecule has 0 bridgehead atoms. The number of hydroxylamine groups is 4. The number of phenols is 4. The monoisotopic (exact) mass is 414 g/mol. The Hall–Kier alpha value is -2.64. The van der Waals surface area contributed by atoms with Gasteiger partial charge in [-0.2, -0.15) is 10.1 Å². The zero-order chi connectivity index (χ0) is 22.1. The predicted octanol–water partition coefficient (Wildman–Crippen LogP) is 1.40. The number of aromatic hydroxyl groups is 4. The van der Waals surface area contributed by atoms with Crippen LogP contribution >= 0.6 is 0 Å². The van der Waals surface area contributed by atoms with Crippen LogP contribution in [-0.2, 0) is 4.89 Å². The molecule has 0 fully saturated rings. The minimum atomic E-state index is -0.906. The van der Waals surface area contributed by atoms with Crippen molar-refractivity contribution in [2.45, 2.75) is 12.2 Å². The van der Waals surface area contributed by atoms with Gasteiger partial charge in [0, 0.05) is 14.1 Å². The number of rotatable bonds is 7. The number of benzene rings is 2. The number of likely N-dealkylation sites (N-methyl/N-ethyl adjacent to an activating group) is 2. The zero-order valence-corrected chi connectivity index (χ0v) is 15.9. The fourth-order valence-electron chi connectivity index (χ4n) is 2.28. The van der Waals surface area contributed by atoms with E-state index in [0.717, 1.165) is 10.1 Å². The van der Waals surface area contributed by atoms with E-state index in [9.17, 15) is 10.2 Å². The number of aliphatic hydroxyl groups excluding tert-OH is 1. The van der Waals surface area contributed by atoms with Gasteiger partial charge in [-0.05, 0) is 35.4 Å². The lowest BCUT2D eigenvalue weighted by molar-refractivity contribution is -0.293.